The number of likely N-dealkylation sites (tertiary alicyclic amines) is 1. The summed E-state index contributed by atoms with van der Waals surface area (Å²) in [6.07, 6.45) is 7.26. The average molecular weight is 212 g/mol. The Labute approximate surface area is 91.6 Å². The molecule has 0 aliphatic carbocycles. The highest BCUT2D eigenvalue weighted by molar-refractivity contribution is 5.64. The lowest BCUT2D eigenvalue weighted by Gasteiger charge is -2.45. The van der Waals surface area contributed by atoms with Crippen LogP contribution in [0.5, 0.6) is 0 Å². The van der Waals surface area contributed by atoms with Gasteiger partial charge in [0.15, 0.2) is 0 Å². The van der Waals surface area contributed by atoms with Crippen molar-refractivity contribution in [3.05, 3.63) is 0 Å². The number of nitrogens with zero attached hydrogens (tertiary/aromatic N) is 2. The van der Waals surface area contributed by atoms with Crippen LogP contribution in [0, 0.1) is 0 Å². The fraction of sp³-hybridized carbons (Fsp3) is 0.909. The molecular formula is C11H22N3O+. The lowest BCUT2D eigenvalue weighted by atomic mass is 10.1. The van der Waals surface area contributed by atoms with Crippen molar-refractivity contribution in [2.75, 3.05) is 26.2 Å². The Kier molecular flexibility index (Phi) is 3.26. The smallest absolute Gasteiger partial charge is 0.317 e. The number of primary amides is 1. The molecule has 0 unspecified atom stereocenters. The Bertz CT molecular complexity index is 230. The van der Waals surface area contributed by atoms with Gasteiger partial charge in [0.1, 0.15) is 13.1 Å². The van der Waals surface area contributed by atoms with Gasteiger partial charge in [0.25, 0.3) is 0 Å². The largest absolute Gasteiger partial charge is 0.433 e. The minimum absolute atomic E-state index is 0.142. The predicted molar refractivity (Wildman–Crippen MR) is 58.9 cm³/mol. The summed E-state index contributed by atoms with van der Waals surface area (Å²) in [5.41, 5.74) is 5.62. The highest BCUT2D eigenvalue weighted by Gasteiger charge is 2.43. The van der Waals surface area contributed by atoms with E-state index in [2.05, 4.69) is 5.01 Å². The van der Waals surface area contributed by atoms with Crippen LogP contribution in [0.25, 0.3) is 0 Å². The summed E-state index contributed by atoms with van der Waals surface area (Å²) >= 11 is 0. The number of rotatable bonds is 1. The molecule has 2 fully saturated rings. The standard InChI is InChI=1S/C11H21N3O/c12-11(15)14(9-5-2-6-10-14)13-7-3-1-4-8-13/h1-10H2,(H-,12,15)/p+1. The molecule has 0 spiro atoms. The van der Waals surface area contributed by atoms with Gasteiger partial charge in [0.2, 0.25) is 0 Å². The zero-order chi connectivity index (χ0) is 10.7. The van der Waals surface area contributed by atoms with E-state index in [1.54, 1.807) is 0 Å². The Balaban J connectivity index is 2.12. The van der Waals surface area contributed by atoms with E-state index in [0.29, 0.717) is 4.59 Å². The number of hydrogen-bond acceptors (Lipinski definition) is 2. The molecule has 15 heavy (non-hydrogen) atoms. The van der Waals surface area contributed by atoms with Crippen LogP contribution in [0.2, 0.25) is 0 Å². The summed E-state index contributed by atoms with van der Waals surface area (Å²) in [6, 6.07) is -0.142. The van der Waals surface area contributed by atoms with E-state index in [4.69, 9.17) is 5.73 Å². The molecule has 0 atom stereocenters. The molecule has 2 amide bonds. The van der Waals surface area contributed by atoms with Gasteiger partial charge < -0.3 is 5.73 Å². The van der Waals surface area contributed by atoms with Crippen LogP contribution >= 0.6 is 0 Å². The molecule has 86 valence electrons. The van der Waals surface area contributed by atoms with Crippen molar-refractivity contribution in [1.82, 2.24) is 5.01 Å². The molecule has 0 bridgehead atoms. The lowest BCUT2D eigenvalue weighted by molar-refractivity contribution is -0.970. The van der Waals surface area contributed by atoms with Crippen molar-refractivity contribution < 1.29 is 9.39 Å². The molecule has 2 saturated heterocycles. The van der Waals surface area contributed by atoms with Crippen LogP contribution in [0.15, 0.2) is 0 Å². The van der Waals surface area contributed by atoms with Crippen LogP contribution in [0.1, 0.15) is 38.5 Å². The highest BCUT2D eigenvalue weighted by Crippen LogP contribution is 2.25. The summed E-state index contributed by atoms with van der Waals surface area (Å²) in [5, 5.41) is 2.31. The molecule has 4 nitrogen and oxygen atoms in total. The van der Waals surface area contributed by atoms with E-state index in [0.717, 1.165) is 39.0 Å². The second-order valence-electron chi connectivity index (χ2n) is 4.78. The van der Waals surface area contributed by atoms with Crippen LogP contribution in [-0.4, -0.2) is 41.8 Å². The molecular weight excluding hydrogens is 190 g/mol. The molecule has 2 N–H and O–H groups in total. The third-order valence-corrected chi connectivity index (χ3v) is 3.84. The number of hydrogen-bond donors (Lipinski definition) is 1. The molecule has 2 aliphatic rings. The molecule has 2 heterocycles. The van der Waals surface area contributed by atoms with E-state index in [9.17, 15) is 4.79 Å². The maximum absolute atomic E-state index is 11.7. The number of carbonyl (C=O) groups excluding carboxylic acids is 1. The Morgan fingerprint density at radius 3 is 2.00 bits per heavy atom. The van der Waals surface area contributed by atoms with Crippen molar-refractivity contribution in [2.24, 2.45) is 5.73 Å². The van der Waals surface area contributed by atoms with Crippen LogP contribution in [0.4, 0.5) is 4.79 Å². The van der Waals surface area contributed by atoms with Crippen LogP contribution in [0.3, 0.4) is 0 Å². The van der Waals surface area contributed by atoms with Gasteiger partial charge in [-0.1, -0.05) is 6.42 Å². The number of urea groups is 1. The zero-order valence-electron chi connectivity index (χ0n) is 9.45. The second kappa shape index (κ2) is 4.49. The molecule has 2 rings (SSSR count). The number of piperidine rings is 2. The monoisotopic (exact) mass is 212 g/mol. The highest BCUT2D eigenvalue weighted by atomic mass is 16.2. The van der Waals surface area contributed by atoms with Crippen LogP contribution < -0.4 is 5.73 Å². The van der Waals surface area contributed by atoms with Gasteiger partial charge in [-0.2, -0.15) is 4.59 Å². The number of carbonyl (C=O) groups is 1. The minimum Gasteiger partial charge on any atom is -0.317 e. The topological polar surface area (TPSA) is 46.3 Å². The zero-order valence-corrected chi connectivity index (χ0v) is 9.45. The minimum atomic E-state index is -0.142. The van der Waals surface area contributed by atoms with E-state index in [1.165, 1.54) is 25.7 Å². The van der Waals surface area contributed by atoms with E-state index >= 15 is 0 Å². The first-order chi connectivity index (χ1) is 7.26. The van der Waals surface area contributed by atoms with Gasteiger partial charge in [-0.15, -0.1) is 5.01 Å². The first-order valence-corrected chi connectivity index (χ1v) is 6.18. The molecule has 4 heteroatoms. The molecule has 0 aromatic heterocycles. The SMILES string of the molecule is NC(=O)[N+]1(N2CCCCC2)CCCCC1. The summed E-state index contributed by atoms with van der Waals surface area (Å²) in [6.45, 7) is 3.94. The molecule has 2 aliphatic heterocycles. The quantitative estimate of drug-likeness (QED) is 0.669. The summed E-state index contributed by atoms with van der Waals surface area (Å²) in [5.74, 6) is 0. The fourth-order valence-corrected chi connectivity index (χ4v) is 2.94. The van der Waals surface area contributed by atoms with E-state index in [1.807, 2.05) is 0 Å². The van der Waals surface area contributed by atoms with Gasteiger partial charge in [-0.3, -0.25) is 0 Å². The van der Waals surface area contributed by atoms with Crippen molar-refractivity contribution in [2.45, 2.75) is 38.5 Å². The van der Waals surface area contributed by atoms with E-state index < -0.39 is 0 Å². The normalized spacial score (nSPS) is 27.5. The first-order valence-electron chi connectivity index (χ1n) is 6.18. The number of amides is 2. The van der Waals surface area contributed by atoms with Crippen molar-refractivity contribution in [3.8, 4) is 0 Å². The van der Waals surface area contributed by atoms with Crippen molar-refractivity contribution in [3.63, 3.8) is 0 Å². The Hall–Kier alpha value is -0.610. The van der Waals surface area contributed by atoms with Gasteiger partial charge in [0, 0.05) is 13.1 Å². The maximum atomic E-state index is 11.7. The number of quaternary nitrogens is 1. The third kappa shape index (κ3) is 2.01. The molecule has 0 aromatic carbocycles. The van der Waals surface area contributed by atoms with Crippen molar-refractivity contribution >= 4 is 6.03 Å². The lowest BCUT2D eigenvalue weighted by Crippen LogP contribution is -2.68. The molecule has 0 aromatic rings. The predicted octanol–water partition coefficient (Wildman–Crippen LogP) is 1.47. The van der Waals surface area contributed by atoms with Gasteiger partial charge in [-0.25, -0.2) is 4.79 Å². The Morgan fingerprint density at radius 2 is 1.47 bits per heavy atom. The maximum Gasteiger partial charge on any atom is 0.433 e. The summed E-state index contributed by atoms with van der Waals surface area (Å²) in [4.78, 5) is 11.7. The van der Waals surface area contributed by atoms with Gasteiger partial charge in [0.05, 0.1) is 0 Å². The second-order valence-corrected chi connectivity index (χ2v) is 4.78. The van der Waals surface area contributed by atoms with Gasteiger partial charge in [-0.05, 0) is 32.1 Å². The first kappa shape index (κ1) is 10.9. The van der Waals surface area contributed by atoms with Gasteiger partial charge >= 0.3 is 6.03 Å². The fourth-order valence-electron chi connectivity index (χ4n) is 2.94. The Morgan fingerprint density at radius 1 is 0.933 bits per heavy atom. The van der Waals surface area contributed by atoms with Crippen LogP contribution in [-0.2, 0) is 0 Å². The average Bonchev–Trinajstić information content (AvgIpc) is 2.31. The number of nitrogens with two attached hydrogens (primary N) is 1. The van der Waals surface area contributed by atoms with Crippen molar-refractivity contribution in [1.29, 1.82) is 0 Å². The summed E-state index contributed by atoms with van der Waals surface area (Å²) in [7, 11) is 0. The molecule has 0 saturated carbocycles. The third-order valence-electron chi connectivity index (χ3n) is 3.84. The summed E-state index contributed by atoms with van der Waals surface area (Å²) < 4.78 is 0.444. The molecule has 0 radical (unpaired) electrons. The van der Waals surface area contributed by atoms with E-state index in [-0.39, 0.29) is 6.03 Å².